The third-order valence-corrected chi connectivity index (χ3v) is 17.8. The molecule has 0 unspecified atom stereocenters. The lowest BCUT2D eigenvalue weighted by Crippen LogP contribution is -2.48. The van der Waals surface area contributed by atoms with Gasteiger partial charge < -0.3 is 25.3 Å². The number of amides is 6. The van der Waals surface area contributed by atoms with Crippen molar-refractivity contribution in [3.05, 3.63) is 245 Å². The van der Waals surface area contributed by atoms with Crippen LogP contribution in [0.1, 0.15) is 81.8 Å². The molecule has 0 saturated carbocycles. The van der Waals surface area contributed by atoms with Gasteiger partial charge in [-0.25, -0.2) is 34.6 Å². The van der Waals surface area contributed by atoms with Crippen LogP contribution >= 0.6 is 0 Å². The third-order valence-electron chi connectivity index (χ3n) is 17.8. The monoisotopic (exact) mass is 1570 g/mol. The summed E-state index contributed by atoms with van der Waals surface area (Å²) in [5.74, 6) is 4.16. The topological polar surface area (TPSA) is 437 Å². The number of rotatable bonds is 16. The molecule has 0 radical (unpaired) electrons. The van der Waals surface area contributed by atoms with Crippen molar-refractivity contribution in [2.45, 2.75) is 48.5 Å². The predicted molar refractivity (Wildman–Crippen MR) is 436 cm³/mol. The molecule has 11 aromatic heterocycles. The van der Waals surface area contributed by atoms with E-state index in [1.54, 1.807) is 148 Å². The van der Waals surface area contributed by atoms with Crippen LogP contribution in [0.5, 0.6) is 0 Å². The number of aromatic nitrogens is 20. The van der Waals surface area contributed by atoms with Crippen LogP contribution in [0.25, 0.3) is 51.9 Å². The molecule has 36 nitrogen and oxygen atoms in total. The summed E-state index contributed by atoms with van der Waals surface area (Å²) in [4.78, 5) is 159. The van der Waals surface area contributed by atoms with Crippen molar-refractivity contribution in [2.24, 2.45) is 0 Å². The predicted octanol–water partition coefficient (Wildman–Crippen LogP) is 7.50. The van der Waals surface area contributed by atoms with E-state index in [1.165, 1.54) is 6.20 Å². The SMILES string of the molecule is Cc1cc(C)n(-c2ccc(C(=O)Nc3nc(C)nc(-c4ccccn4)n3)cn2)n1.Cc1nc(NC(=O)c2ccc(N3CCN(C)CC3=O)cc2)nc(-c2ccccn2)n1.Cc1nc(NC(=O)c2ccc(N3CCNC(=O)C3)nc2C)nc(-c2ccccn2)n1.Cc1nc(NC(=O)c2ccc(N3CCNCC3)cc2)nc(-c2ccccn2)n1. The maximum absolute atomic E-state index is 12.8. The van der Waals surface area contributed by atoms with E-state index >= 15 is 0 Å². The summed E-state index contributed by atoms with van der Waals surface area (Å²) in [5, 5.41) is 21.4. The van der Waals surface area contributed by atoms with Gasteiger partial charge in [-0.1, -0.05) is 24.3 Å². The molecule has 0 aliphatic carbocycles. The summed E-state index contributed by atoms with van der Waals surface area (Å²) in [5.41, 5.74) is 8.50. The lowest BCUT2D eigenvalue weighted by atomic mass is 10.1. The Morgan fingerprint density at radius 1 is 0.393 bits per heavy atom. The van der Waals surface area contributed by atoms with Gasteiger partial charge in [-0.3, -0.25) is 74.9 Å². The molecule has 117 heavy (non-hydrogen) atoms. The van der Waals surface area contributed by atoms with E-state index < -0.39 is 0 Å². The van der Waals surface area contributed by atoms with E-state index in [4.69, 9.17) is 0 Å². The van der Waals surface area contributed by atoms with Gasteiger partial charge in [-0.15, -0.1) is 0 Å². The standard InChI is InChI=1S/C21H21N7O2.C20H20N8O2.C20H18N8O.C20H21N7O/c1-14-23-19(17-5-3-4-10-22-17)25-21(24-14)26-20(30)15-6-8-16(9-7-15)28-12-11-27(2)13-18(28)29;1-12-14(6-7-16(23-12)28-10-9-22-17(29)11-28)19(30)27-20-25-13(2)24-18(26-20)15-5-3-4-8-21-15;1-12-10-13(2)28(27-12)17-8-7-15(11-22-17)19(29)26-20-24-14(3)23-18(25-20)16-6-4-5-9-21-16;1-14-23-18(17-4-2-3-9-22-17)25-20(24-14)26-19(28)15-5-7-16(8-6-15)27-12-10-21-11-13-27/h3-10H,11-13H2,1-2H3,(H,23,24,25,26,30);3-8H,9-11H2,1-2H3,(H,22,29)(H,24,25,26,27,30);4-11H,1-3H3,(H,23,24,25,26,29);2-9,21H,10-13H2,1H3,(H,23,24,25,26,28). The molecular formula is C81H80N30O6. The lowest BCUT2D eigenvalue weighted by Gasteiger charge is -2.32. The Kier molecular flexibility index (Phi) is 25.6. The molecule has 3 saturated heterocycles. The second-order valence-corrected chi connectivity index (χ2v) is 26.7. The molecule has 0 bridgehead atoms. The van der Waals surface area contributed by atoms with Crippen molar-refractivity contribution in [1.29, 1.82) is 0 Å². The molecule has 16 rings (SSSR count). The number of anilines is 7. The number of benzene rings is 2. The first-order valence-electron chi connectivity index (χ1n) is 37.1. The number of hydrogen-bond donors (Lipinski definition) is 6. The molecule has 590 valence electrons. The van der Waals surface area contributed by atoms with Crippen LogP contribution in [0, 0.1) is 48.5 Å². The number of hydrogen-bond acceptors (Lipinski definition) is 29. The van der Waals surface area contributed by atoms with Crippen LogP contribution in [0.3, 0.4) is 0 Å². The van der Waals surface area contributed by atoms with Crippen molar-refractivity contribution in [3.63, 3.8) is 0 Å². The summed E-state index contributed by atoms with van der Waals surface area (Å²) < 4.78 is 1.73. The van der Waals surface area contributed by atoms with Gasteiger partial charge in [0.2, 0.25) is 35.6 Å². The van der Waals surface area contributed by atoms with Gasteiger partial charge in [0.05, 0.1) is 35.6 Å². The number of piperazine rings is 3. The fourth-order valence-electron chi connectivity index (χ4n) is 12.2. The molecular weight excluding hydrogens is 1490 g/mol. The molecule has 3 aliphatic rings. The molecule has 14 heterocycles. The quantitative estimate of drug-likeness (QED) is 0.0545. The van der Waals surface area contributed by atoms with E-state index in [1.807, 2.05) is 103 Å². The van der Waals surface area contributed by atoms with E-state index in [-0.39, 0.29) is 65.8 Å². The van der Waals surface area contributed by atoms with Gasteiger partial charge in [0.25, 0.3) is 23.6 Å². The first kappa shape index (κ1) is 80.0. The minimum Gasteiger partial charge on any atom is -0.369 e. The van der Waals surface area contributed by atoms with Crippen LogP contribution in [0.15, 0.2) is 183 Å². The van der Waals surface area contributed by atoms with Crippen LogP contribution in [0.4, 0.5) is 41.0 Å². The molecule has 2 aromatic carbocycles. The summed E-state index contributed by atoms with van der Waals surface area (Å²) >= 11 is 0. The zero-order chi connectivity index (χ0) is 81.9. The van der Waals surface area contributed by atoms with Crippen LogP contribution in [0.2, 0.25) is 0 Å². The minimum atomic E-state index is -0.375. The van der Waals surface area contributed by atoms with Gasteiger partial charge >= 0.3 is 0 Å². The van der Waals surface area contributed by atoms with Crippen LogP contribution < -0.4 is 46.6 Å². The van der Waals surface area contributed by atoms with Crippen LogP contribution in [-0.4, -0.2) is 212 Å². The highest BCUT2D eigenvalue weighted by Crippen LogP contribution is 2.24. The van der Waals surface area contributed by atoms with E-state index in [0.717, 1.165) is 55.5 Å². The average Bonchev–Trinajstić information content (AvgIpc) is 1.71. The molecule has 0 atom stereocenters. The van der Waals surface area contributed by atoms with Crippen molar-refractivity contribution >= 4 is 76.4 Å². The Bertz CT molecular complexity index is 5700. The van der Waals surface area contributed by atoms with Gasteiger partial charge in [0.15, 0.2) is 29.1 Å². The zero-order valence-electron chi connectivity index (χ0n) is 65.1. The second-order valence-electron chi connectivity index (χ2n) is 26.7. The summed E-state index contributed by atoms with van der Waals surface area (Å²) in [6.45, 7) is 19.7. The Balaban J connectivity index is 0.000000136. The number of likely N-dealkylation sites (N-methyl/N-ethyl adjacent to an activating group) is 1. The summed E-state index contributed by atoms with van der Waals surface area (Å²) in [6.07, 6.45) is 8.12. The Morgan fingerprint density at radius 2 is 0.821 bits per heavy atom. The van der Waals surface area contributed by atoms with Gasteiger partial charge in [-0.2, -0.15) is 45.0 Å². The number of aryl methyl sites for hydroxylation is 7. The normalized spacial score (nSPS) is 13.2. The highest BCUT2D eigenvalue weighted by atomic mass is 16.2. The molecule has 36 heteroatoms. The lowest BCUT2D eigenvalue weighted by molar-refractivity contribution is -0.121. The molecule has 0 spiro atoms. The number of pyridine rings is 6. The second kappa shape index (κ2) is 37.5. The van der Waals surface area contributed by atoms with E-state index in [2.05, 4.69) is 132 Å². The highest BCUT2D eigenvalue weighted by molar-refractivity contribution is 6.06. The first-order chi connectivity index (χ1) is 56.7. The minimum absolute atomic E-state index is 0.0450. The van der Waals surface area contributed by atoms with E-state index in [9.17, 15) is 28.8 Å². The first-order valence-corrected chi connectivity index (χ1v) is 37.1. The van der Waals surface area contributed by atoms with Crippen molar-refractivity contribution in [3.8, 4) is 51.9 Å². The third kappa shape index (κ3) is 21.4. The van der Waals surface area contributed by atoms with Gasteiger partial charge in [-0.05, 0) is 183 Å². The van der Waals surface area contributed by atoms with E-state index in [0.29, 0.717) is 135 Å². The number of nitrogens with one attached hydrogen (secondary N) is 6. The summed E-state index contributed by atoms with van der Waals surface area (Å²) in [7, 11) is 1.92. The van der Waals surface area contributed by atoms with Gasteiger partial charge in [0, 0.05) is 112 Å². The van der Waals surface area contributed by atoms with Crippen molar-refractivity contribution < 1.29 is 28.8 Å². The zero-order valence-corrected chi connectivity index (χ0v) is 65.1. The summed E-state index contributed by atoms with van der Waals surface area (Å²) in [6, 6.07) is 45.1. The molecule has 3 fully saturated rings. The number of carbonyl (C=O) groups is 6. The largest absolute Gasteiger partial charge is 0.369 e. The number of carbonyl (C=O) groups excluding carboxylic acids is 6. The molecule has 3 aliphatic heterocycles. The molecule has 6 amide bonds. The fourth-order valence-corrected chi connectivity index (χ4v) is 12.2. The van der Waals surface area contributed by atoms with Crippen molar-refractivity contribution in [1.82, 2.24) is 115 Å². The van der Waals surface area contributed by atoms with Crippen molar-refractivity contribution in [2.75, 3.05) is 108 Å². The Morgan fingerprint density at radius 3 is 1.22 bits per heavy atom. The maximum atomic E-state index is 12.8. The molecule has 6 N–H and O–H groups in total. The molecule has 13 aromatic rings. The maximum Gasteiger partial charge on any atom is 0.259 e. The fraction of sp³-hybridized carbons (Fsp3) is 0.222. The Labute approximate surface area is 671 Å². The number of nitrogens with zero attached hydrogens (tertiary/aromatic N) is 24. The van der Waals surface area contributed by atoms with Gasteiger partial charge in [0.1, 0.15) is 51.9 Å². The smallest absolute Gasteiger partial charge is 0.259 e. The average molecular weight is 1570 g/mol. The Hall–Kier alpha value is -15.1. The highest BCUT2D eigenvalue weighted by Gasteiger charge is 2.25. The van der Waals surface area contributed by atoms with Crippen LogP contribution in [-0.2, 0) is 9.59 Å².